The van der Waals surface area contributed by atoms with Crippen LogP contribution in [-0.4, -0.2) is 58.0 Å². The Morgan fingerprint density at radius 1 is 1.36 bits per heavy atom. The summed E-state index contributed by atoms with van der Waals surface area (Å²) >= 11 is 6.47. The van der Waals surface area contributed by atoms with Crippen molar-refractivity contribution in [2.45, 2.75) is 45.7 Å². The van der Waals surface area contributed by atoms with E-state index in [9.17, 15) is 9.59 Å². The summed E-state index contributed by atoms with van der Waals surface area (Å²) in [6, 6.07) is 2.14. The van der Waals surface area contributed by atoms with Crippen molar-refractivity contribution in [3.8, 4) is 5.75 Å². The normalized spacial score (nSPS) is 17.6. The van der Waals surface area contributed by atoms with Crippen molar-refractivity contribution in [2.24, 2.45) is 0 Å². The second-order valence-corrected chi connectivity index (χ2v) is 10.1. The molecule has 204 valence electrons. The minimum absolute atomic E-state index is 0.0457. The van der Waals surface area contributed by atoms with Crippen molar-refractivity contribution in [3.63, 3.8) is 0 Å². The zero-order valence-corrected chi connectivity index (χ0v) is 22.9. The Labute approximate surface area is 231 Å². The van der Waals surface area contributed by atoms with E-state index in [1.807, 2.05) is 13.8 Å². The SMILES string of the molecule is COc1c(C)cnc(CN2C(=O)/C(=C/c3cc(C(=O)NCCC4CCCN4)c[nH]3)c3c(Cl)nc(N)nc32)c1C. The van der Waals surface area contributed by atoms with Gasteiger partial charge in [0.1, 0.15) is 10.9 Å². The van der Waals surface area contributed by atoms with E-state index in [1.54, 1.807) is 31.6 Å². The first-order valence-corrected chi connectivity index (χ1v) is 13.2. The molecule has 5 heterocycles. The van der Waals surface area contributed by atoms with E-state index >= 15 is 0 Å². The average molecular weight is 551 g/mol. The highest BCUT2D eigenvalue weighted by Gasteiger charge is 2.37. The van der Waals surface area contributed by atoms with Gasteiger partial charge in [-0.25, -0.2) is 4.98 Å². The van der Waals surface area contributed by atoms with E-state index in [1.165, 1.54) is 11.3 Å². The van der Waals surface area contributed by atoms with Gasteiger partial charge < -0.3 is 26.1 Å². The number of aromatic nitrogens is 4. The van der Waals surface area contributed by atoms with Crippen LogP contribution in [0.15, 0.2) is 18.5 Å². The first-order valence-electron chi connectivity index (χ1n) is 12.8. The van der Waals surface area contributed by atoms with Gasteiger partial charge in [-0.1, -0.05) is 11.6 Å². The van der Waals surface area contributed by atoms with E-state index in [0.29, 0.717) is 46.7 Å². The standard InChI is InChI=1S/C27H31ClN8O3/c1-14-11-33-20(15(2)22(14)39-3)13-36-24-21(23(28)34-27(29)35-24)19(26(36)38)10-18-9-16(12-32-18)25(37)31-8-6-17-5-4-7-30-17/h9-12,17,30,32H,4-8,13H2,1-3H3,(H,31,37)(H2,29,34,35)/b19-10+. The number of nitrogen functional groups attached to an aromatic ring is 1. The highest BCUT2D eigenvalue weighted by Crippen LogP contribution is 2.41. The Kier molecular flexibility index (Phi) is 7.53. The molecule has 3 aromatic heterocycles. The lowest BCUT2D eigenvalue weighted by Crippen LogP contribution is -2.30. The molecule has 1 atom stereocenters. The fourth-order valence-electron chi connectivity index (χ4n) is 5.12. The fourth-order valence-corrected chi connectivity index (χ4v) is 5.39. The zero-order valence-electron chi connectivity index (χ0n) is 22.1. The molecule has 2 aliphatic heterocycles. The van der Waals surface area contributed by atoms with Gasteiger partial charge in [0.25, 0.3) is 11.8 Å². The van der Waals surface area contributed by atoms with Gasteiger partial charge in [0.2, 0.25) is 5.95 Å². The van der Waals surface area contributed by atoms with Gasteiger partial charge in [-0.15, -0.1) is 0 Å². The van der Waals surface area contributed by atoms with Crippen LogP contribution in [-0.2, 0) is 11.3 Å². The number of aromatic amines is 1. The third-order valence-electron chi connectivity index (χ3n) is 7.13. The summed E-state index contributed by atoms with van der Waals surface area (Å²) in [6.45, 7) is 5.55. The molecular weight excluding hydrogens is 520 g/mol. The van der Waals surface area contributed by atoms with Crippen LogP contribution in [0.1, 0.15) is 57.7 Å². The molecule has 0 spiro atoms. The molecule has 1 saturated heterocycles. The number of anilines is 2. The van der Waals surface area contributed by atoms with E-state index in [0.717, 1.165) is 30.5 Å². The number of nitrogens with two attached hydrogens (primary N) is 1. The predicted molar refractivity (Wildman–Crippen MR) is 150 cm³/mol. The molecule has 39 heavy (non-hydrogen) atoms. The number of carbonyl (C=O) groups excluding carboxylic acids is 2. The number of methoxy groups -OCH3 is 1. The molecular formula is C27H31ClN8O3. The molecule has 3 aromatic rings. The summed E-state index contributed by atoms with van der Waals surface area (Å²) in [4.78, 5) is 43.8. The van der Waals surface area contributed by atoms with Gasteiger partial charge in [-0.05, 0) is 51.8 Å². The van der Waals surface area contributed by atoms with Crippen LogP contribution < -0.4 is 26.0 Å². The van der Waals surface area contributed by atoms with E-state index in [2.05, 4.69) is 30.6 Å². The van der Waals surface area contributed by atoms with Crippen LogP contribution in [0.5, 0.6) is 5.75 Å². The van der Waals surface area contributed by atoms with Crippen LogP contribution in [0.2, 0.25) is 5.15 Å². The second kappa shape index (κ2) is 11.0. The number of aryl methyl sites for hydroxylation is 1. The Morgan fingerprint density at radius 3 is 2.92 bits per heavy atom. The number of pyridine rings is 1. The third-order valence-corrected chi connectivity index (χ3v) is 7.40. The topological polar surface area (TPSA) is 151 Å². The van der Waals surface area contributed by atoms with Gasteiger partial charge in [-0.2, -0.15) is 4.98 Å². The number of nitrogens with one attached hydrogen (secondary N) is 3. The molecule has 0 aromatic carbocycles. The van der Waals surface area contributed by atoms with Crippen LogP contribution in [0.25, 0.3) is 11.6 Å². The number of ether oxygens (including phenoxy) is 1. The van der Waals surface area contributed by atoms with Crippen molar-refractivity contribution >= 4 is 46.8 Å². The predicted octanol–water partition coefficient (Wildman–Crippen LogP) is 3.02. The number of amides is 2. The van der Waals surface area contributed by atoms with Crippen molar-refractivity contribution < 1.29 is 14.3 Å². The first-order chi connectivity index (χ1) is 18.8. The number of hydrogen-bond donors (Lipinski definition) is 4. The summed E-state index contributed by atoms with van der Waals surface area (Å²) in [5.41, 5.74) is 9.94. The summed E-state index contributed by atoms with van der Waals surface area (Å²) in [5, 5.41) is 6.45. The molecule has 12 heteroatoms. The number of H-pyrrole nitrogens is 1. The zero-order chi connectivity index (χ0) is 27.7. The molecule has 2 amide bonds. The van der Waals surface area contributed by atoms with E-state index in [-0.39, 0.29) is 35.0 Å². The molecule has 0 bridgehead atoms. The monoisotopic (exact) mass is 550 g/mol. The van der Waals surface area contributed by atoms with Gasteiger partial charge >= 0.3 is 0 Å². The van der Waals surface area contributed by atoms with Crippen LogP contribution >= 0.6 is 11.6 Å². The molecule has 2 aliphatic rings. The smallest absolute Gasteiger partial charge is 0.260 e. The number of halogens is 1. The number of carbonyl (C=O) groups is 2. The molecule has 1 fully saturated rings. The van der Waals surface area contributed by atoms with Crippen molar-refractivity contribution in [3.05, 3.63) is 57.3 Å². The van der Waals surface area contributed by atoms with Crippen LogP contribution in [0.3, 0.4) is 0 Å². The summed E-state index contributed by atoms with van der Waals surface area (Å²) in [6.07, 6.45) is 8.15. The summed E-state index contributed by atoms with van der Waals surface area (Å²) in [7, 11) is 1.60. The summed E-state index contributed by atoms with van der Waals surface area (Å²) in [5.74, 6) is 0.444. The number of hydrogen-bond acceptors (Lipinski definition) is 8. The summed E-state index contributed by atoms with van der Waals surface area (Å²) < 4.78 is 5.53. The lowest BCUT2D eigenvalue weighted by molar-refractivity contribution is -0.113. The van der Waals surface area contributed by atoms with Crippen LogP contribution in [0.4, 0.5) is 11.8 Å². The van der Waals surface area contributed by atoms with E-state index < -0.39 is 0 Å². The van der Waals surface area contributed by atoms with Gasteiger partial charge in [0, 0.05) is 41.8 Å². The fraction of sp³-hybridized carbons (Fsp3) is 0.370. The van der Waals surface area contributed by atoms with Gasteiger partial charge in [-0.3, -0.25) is 19.5 Å². The Morgan fingerprint density at radius 2 is 2.18 bits per heavy atom. The maximum atomic E-state index is 13.7. The number of rotatable bonds is 8. The van der Waals surface area contributed by atoms with Crippen LogP contribution in [0, 0.1) is 13.8 Å². The number of nitrogens with zero attached hydrogens (tertiary/aromatic N) is 4. The van der Waals surface area contributed by atoms with Gasteiger partial charge in [0.05, 0.1) is 36.0 Å². The molecule has 0 saturated carbocycles. The first kappa shape index (κ1) is 26.6. The van der Waals surface area contributed by atoms with Gasteiger partial charge in [0.15, 0.2) is 5.82 Å². The van der Waals surface area contributed by atoms with E-state index in [4.69, 9.17) is 22.1 Å². The largest absolute Gasteiger partial charge is 0.496 e. The molecule has 5 rings (SSSR count). The highest BCUT2D eigenvalue weighted by atomic mass is 35.5. The minimum Gasteiger partial charge on any atom is -0.496 e. The second-order valence-electron chi connectivity index (χ2n) is 9.75. The molecule has 1 unspecified atom stereocenters. The molecule has 0 radical (unpaired) electrons. The average Bonchev–Trinajstić information content (AvgIpc) is 3.64. The lowest BCUT2D eigenvalue weighted by atomic mass is 10.1. The molecule has 5 N–H and O–H groups in total. The van der Waals surface area contributed by atoms with Crippen molar-refractivity contribution in [1.82, 2.24) is 30.6 Å². The van der Waals surface area contributed by atoms with Crippen molar-refractivity contribution in [2.75, 3.05) is 30.8 Å². The Bertz CT molecular complexity index is 1460. The number of fused-ring (bicyclic) bond motifs is 1. The maximum Gasteiger partial charge on any atom is 0.260 e. The minimum atomic E-state index is -0.336. The quantitative estimate of drug-likeness (QED) is 0.247. The Hall–Kier alpha value is -3.96. The molecule has 0 aliphatic carbocycles. The lowest BCUT2D eigenvalue weighted by Gasteiger charge is -2.19. The maximum absolute atomic E-state index is 13.7. The molecule has 11 nitrogen and oxygen atoms in total. The highest BCUT2D eigenvalue weighted by molar-refractivity contribution is 6.41. The van der Waals surface area contributed by atoms with Crippen molar-refractivity contribution in [1.29, 1.82) is 0 Å². The third kappa shape index (κ3) is 5.32. The Balaban J connectivity index is 1.40.